The molecule has 17 heavy (non-hydrogen) atoms. The summed E-state index contributed by atoms with van der Waals surface area (Å²) < 4.78 is 18.8. The first-order valence-electron chi connectivity index (χ1n) is 4.88. The number of halogens is 2. The molecule has 1 unspecified atom stereocenters. The van der Waals surface area contributed by atoms with Gasteiger partial charge in [-0.3, -0.25) is 0 Å². The van der Waals surface area contributed by atoms with E-state index >= 15 is 0 Å². The van der Waals surface area contributed by atoms with Crippen LogP contribution in [0.3, 0.4) is 0 Å². The minimum Gasteiger partial charge on any atom is -0.494 e. The second-order valence-electron chi connectivity index (χ2n) is 3.40. The topological polar surface area (TPSA) is 29.5 Å². The van der Waals surface area contributed by atoms with Gasteiger partial charge in [-0.25, -0.2) is 4.39 Å². The van der Waals surface area contributed by atoms with E-state index in [0.717, 1.165) is 0 Å². The van der Waals surface area contributed by atoms with Gasteiger partial charge in [0.25, 0.3) is 0 Å². The molecule has 0 aliphatic rings. The summed E-state index contributed by atoms with van der Waals surface area (Å²) in [6.07, 6.45) is -1.07. The lowest BCUT2D eigenvalue weighted by atomic mass is 10.1. The van der Waals surface area contributed by atoms with Crippen LogP contribution in [0.4, 0.5) is 4.39 Å². The molecule has 0 saturated carbocycles. The van der Waals surface area contributed by atoms with E-state index in [1.54, 1.807) is 17.5 Å². The largest absolute Gasteiger partial charge is 0.494 e. The number of aliphatic hydroxyl groups is 1. The van der Waals surface area contributed by atoms with E-state index in [2.05, 4.69) is 0 Å². The van der Waals surface area contributed by atoms with Crippen LogP contribution in [0, 0.1) is 5.82 Å². The minimum atomic E-state index is -1.07. The highest BCUT2D eigenvalue weighted by molar-refractivity contribution is 7.10. The normalized spacial score (nSPS) is 12.5. The standard InChI is InChI=1S/C12H10ClFO2S/c1-16-9-4-2-3-7(10(9)14)11(15)12-8(13)5-6-17-12/h2-6,11,15H,1H3. The van der Waals surface area contributed by atoms with Gasteiger partial charge in [0.1, 0.15) is 6.10 Å². The van der Waals surface area contributed by atoms with Crippen LogP contribution in [-0.4, -0.2) is 12.2 Å². The summed E-state index contributed by atoms with van der Waals surface area (Å²) in [5, 5.41) is 12.3. The summed E-state index contributed by atoms with van der Waals surface area (Å²) in [5.41, 5.74) is 0.161. The first kappa shape index (κ1) is 12.4. The fourth-order valence-electron chi connectivity index (χ4n) is 1.54. The summed E-state index contributed by atoms with van der Waals surface area (Å²) in [6, 6.07) is 6.31. The van der Waals surface area contributed by atoms with Crippen LogP contribution in [0.5, 0.6) is 5.75 Å². The Bertz CT molecular complexity index is 527. The quantitative estimate of drug-likeness (QED) is 0.924. The van der Waals surface area contributed by atoms with Crippen molar-refractivity contribution < 1.29 is 14.2 Å². The Morgan fingerprint density at radius 3 is 2.76 bits per heavy atom. The highest BCUT2D eigenvalue weighted by Gasteiger charge is 2.20. The Labute approximate surface area is 107 Å². The van der Waals surface area contributed by atoms with Crippen LogP contribution in [0.25, 0.3) is 0 Å². The minimum absolute atomic E-state index is 0.106. The van der Waals surface area contributed by atoms with Gasteiger partial charge in [-0.05, 0) is 17.5 Å². The molecular weight excluding hydrogens is 263 g/mol. The predicted octanol–water partition coefficient (Wildman–Crippen LogP) is 3.63. The molecule has 1 N–H and O–H groups in total. The molecule has 0 aliphatic carbocycles. The lowest BCUT2D eigenvalue weighted by Crippen LogP contribution is -2.02. The van der Waals surface area contributed by atoms with Gasteiger partial charge in [-0.15, -0.1) is 11.3 Å². The molecule has 0 radical (unpaired) electrons. The number of benzene rings is 1. The fraction of sp³-hybridized carbons (Fsp3) is 0.167. The van der Waals surface area contributed by atoms with Crippen LogP contribution in [0.2, 0.25) is 5.02 Å². The van der Waals surface area contributed by atoms with Gasteiger partial charge in [0, 0.05) is 5.56 Å². The maximum Gasteiger partial charge on any atom is 0.171 e. The van der Waals surface area contributed by atoms with Crippen molar-refractivity contribution in [3.8, 4) is 5.75 Å². The van der Waals surface area contributed by atoms with Crippen molar-refractivity contribution in [2.75, 3.05) is 7.11 Å². The second-order valence-corrected chi connectivity index (χ2v) is 4.75. The van der Waals surface area contributed by atoms with Crippen LogP contribution < -0.4 is 4.74 Å². The lowest BCUT2D eigenvalue weighted by Gasteiger charge is -2.12. The number of hydrogen-bond donors (Lipinski definition) is 1. The molecule has 0 amide bonds. The zero-order valence-electron chi connectivity index (χ0n) is 8.98. The van der Waals surface area contributed by atoms with Gasteiger partial charge in [0.15, 0.2) is 11.6 Å². The molecule has 1 aromatic carbocycles. The molecule has 2 rings (SSSR count). The van der Waals surface area contributed by atoms with E-state index in [1.807, 2.05) is 0 Å². The number of hydrogen-bond acceptors (Lipinski definition) is 3. The molecule has 0 bridgehead atoms. The highest BCUT2D eigenvalue weighted by Crippen LogP contribution is 2.35. The Hall–Kier alpha value is -1.10. The summed E-state index contributed by atoms with van der Waals surface area (Å²) in [7, 11) is 1.38. The first-order chi connectivity index (χ1) is 8.15. The smallest absolute Gasteiger partial charge is 0.171 e. The van der Waals surface area contributed by atoms with E-state index in [0.29, 0.717) is 9.90 Å². The molecule has 5 heteroatoms. The Kier molecular flexibility index (Phi) is 3.66. The van der Waals surface area contributed by atoms with Crippen molar-refractivity contribution in [3.05, 3.63) is 50.9 Å². The molecule has 0 aliphatic heterocycles. The molecule has 1 heterocycles. The van der Waals surface area contributed by atoms with Crippen molar-refractivity contribution in [1.29, 1.82) is 0 Å². The third-order valence-corrected chi connectivity index (χ3v) is 3.81. The maximum atomic E-state index is 13.9. The van der Waals surface area contributed by atoms with Crippen molar-refractivity contribution >= 4 is 22.9 Å². The summed E-state index contributed by atoms with van der Waals surface area (Å²) in [5.74, 6) is -0.457. The zero-order valence-corrected chi connectivity index (χ0v) is 10.6. The van der Waals surface area contributed by atoms with E-state index < -0.39 is 11.9 Å². The van der Waals surface area contributed by atoms with Gasteiger partial charge in [-0.1, -0.05) is 23.7 Å². The SMILES string of the molecule is COc1cccc(C(O)c2sccc2Cl)c1F. The number of rotatable bonds is 3. The number of aliphatic hydroxyl groups excluding tert-OH is 1. The van der Waals surface area contributed by atoms with Gasteiger partial charge < -0.3 is 9.84 Å². The molecule has 0 fully saturated rings. The van der Waals surface area contributed by atoms with Gasteiger partial charge in [0.05, 0.1) is 17.0 Å². The fourth-order valence-corrected chi connectivity index (χ4v) is 2.70. The van der Waals surface area contributed by atoms with Crippen molar-refractivity contribution in [3.63, 3.8) is 0 Å². The van der Waals surface area contributed by atoms with Gasteiger partial charge >= 0.3 is 0 Å². The van der Waals surface area contributed by atoms with E-state index in [9.17, 15) is 9.50 Å². The molecule has 1 atom stereocenters. The monoisotopic (exact) mass is 272 g/mol. The third-order valence-electron chi connectivity index (χ3n) is 2.40. The van der Waals surface area contributed by atoms with Crippen LogP contribution in [0.1, 0.15) is 16.5 Å². The van der Waals surface area contributed by atoms with Crippen LogP contribution in [-0.2, 0) is 0 Å². The van der Waals surface area contributed by atoms with Gasteiger partial charge in [-0.2, -0.15) is 0 Å². The predicted molar refractivity (Wildman–Crippen MR) is 66.3 cm³/mol. The molecular formula is C12H10ClFO2S. The van der Waals surface area contributed by atoms with E-state index in [4.69, 9.17) is 16.3 Å². The van der Waals surface area contributed by atoms with Crippen molar-refractivity contribution in [2.45, 2.75) is 6.10 Å². The number of thiophene rings is 1. The summed E-state index contributed by atoms with van der Waals surface area (Å²) >= 11 is 7.19. The average Bonchev–Trinajstić information content (AvgIpc) is 2.75. The number of ether oxygens (including phenoxy) is 1. The molecule has 2 nitrogen and oxygen atoms in total. The Morgan fingerprint density at radius 2 is 2.18 bits per heavy atom. The van der Waals surface area contributed by atoms with E-state index in [-0.39, 0.29) is 11.3 Å². The van der Waals surface area contributed by atoms with Crippen LogP contribution >= 0.6 is 22.9 Å². The van der Waals surface area contributed by atoms with Crippen molar-refractivity contribution in [1.82, 2.24) is 0 Å². The highest BCUT2D eigenvalue weighted by atomic mass is 35.5. The Morgan fingerprint density at radius 1 is 1.41 bits per heavy atom. The number of methoxy groups -OCH3 is 1. The summed E-state index contributed by atoms with van der Waals surface area (Å²) in [4.78, 5) is 0.527. The summed E-state index contributed by atoms with van der Waals surface area (Å²) in [6.45, 7) is 0. The van der Waals surface area contributed by atoms with Crippen molar-refractivity contribution in [2.24, 2.45) is 0 Å². The second kappa shape index (κ2) is 5.04. The molecule has 2 aromatic rings. The Balaban J connectivity index is 2.44. The van der Waals surface area contributed by atoms with Gasteiger partial charge in [0.2, 0.25) is 0 Å². The first-order valence-corrected chi connectivity index (χ1v) is 6.14. The molecule has 90 valence electrons. The molecule has 0 saturated heterocycles. The van der Waals surface area contributed by atoms with Crippen LogP contribution in [0.15, 0.2) is 29.6 Å². The maximum absolute atomic E-state index is 13.9. The molecule has 1 aromatic heterocycles. The average molecular weight is 273 g/mol. The molecule has 0 spiro atoms. The van der Waals surface area contributed by atoms with E-state index in [1.165, 1.54) is 30.6 Å². The third kappa shape index (κ3) is 2.29. The zero-order chi connectivity index (χ0) is 12.4. The lowest BCUT2D eigenvalue weighted by molar-refractivity contribution is 0.217.